The fourth-order valence-electron chi connectivity index (χ4n) is 1.45. The second-order valence-electron chi connectivity index (χ2n) is 3.59. The van der Waals surface area contributed by atoms with Gasteiger partial charge in [-0.1, -0.05) is 23.7 Å². The van der Waals surface area contributed by atoms with Gasteiger partial charge in [-0.25, -0.2) is 4.79 Å². The largest absolute Gasteiger partial charge is 0.478 e. The van der Waals surface area contributed by atoms with Gasteiger partial charge in [0.2, 0.25) is 0 Å². The fourth-order valence-corrected chi connectivity index (χ4v) is 1.62. The first kappa shape index (κ1) is 12.3. The number of carboxylic acid groups (broad SMARTS) is 1. The predicted octanol–water partition coefficient (Wildman–Crippen LogP) is 3.41. The number of rotatable bonds is 3. The minimum absolute atomic E-state index is 0.0316. The van der Waals surface area contributed by atoms with E-state index in [-0.39, 0.29) is 11.3 Å². The van der Waals surface area contributed by atoms with E-state index in [1.807, 2.05) is 0 Å². The Hall–Kier alpha value is -2.20. The SMILES string of the molecule is Nc1ccc(C(=O)O)c(Oc2ccccc2Cl)c1. The van der Waals surface area contributed by atoms with E-state index in [0.717, 1.165) is 0 Å². The predicted molar refractivity (Wildman–Crippen MR) is 69.3 cm³/mol. The number of anilines is 1. The molecule has 0 aliphatic heterocycles. The van der Waals surface area contributed by atoms with Crippen LogP contribution in [0.5, 0.6) is 11.5 Å². The van der Waals surface area contributed by atoms with Crippen LogP contribution in [0.3, 0.4) is 0 Å². The zero-order valence-electron chi connectivity index (χ0n) is 9.26. The first-order valence-electron chi connectivity index (χ1n) is 5.13. The molecule has 0 amide bonds. The van der Waals surface area contributed by atoms with Crippen molar-refractivity contribution >= 4 is 23.3 Å². The van der Waals surface area contributed by atoms with Gasteiger partial charge in [0.25, 0.3) is 0 Å². The van der Waals surface area contributed by atoms with Crippen molar-refractivity contribution in [1.29, 1.82) is 0 Å². The molecule has 0 radical (unpaired) electrons. The van der Waals surface area contributed by atoms with E-state index < -0.39 is 5.97 Å². The molecule has 0 saturated heterocycles. The number of para-hydroxylation sites is 1. The zero-order chi connectivity index (χ0) is 13.1. The lowest BCUT2D eigenvalue weighted by Gasteiger charge is -2.10. The third-order valence-electron chi connectivity index (χ3n) is 2.29. The van der Waals surface area contributed by atoms with Crippen molar-refractivity contribution in [2.24, 2.45) is 0 Å². The number of nitrogens with two attached hydrogens (primary N) is 1. The van der Waals surface area contributed by atoms with Gasteiger partial charge in [0.05, 0.1) is 5.02 Å². The summed E-state index contributed by atoms with van der Waals surface area (Å²) in [4.78, 5) is 11.1. The molecule has 0 atom stereocenters. The van der Waals surface area contributed by atoms with Crippen LogP contribution in [-0.2, 0) is 0 Å². The molecule has 0 aliphatic carbocycles. The van der Waals surface area contributed by atoms with Crippen LogP contribution < -0.4 is 10.5 Å². The number of hydrogen-bond donors (Lipinski definition) is 2. The molecule has 0 aromatic heterocycles. The van der Waals surface area contributed by atoms with Crippen molar-refractivity contribution in [2.75, 3.05) is 5.73 Å². The second kappa shape index (κ2) is 4.98. The summed E-state index contributed by atoms with van der Waals surface area (Å²) in [6.07, 6.45) is 0. The maximum Gasteiger partial charge on any atom is 0.339 e. The van der Waals surface area contributed by atoms with Gasteiger partial charge in [0.1, 0.15) is 17.1 Å². The number of benzene rings is 2. The van der Waals surface area contributed by atoms with Crippen LogP contribution in [0.4, 0.5) is 5.69 Å². The number of aromatic carboxylic acids is 1. The van der Waals surface area contributed by atoms with E-state index in [1.54, 1.807) is 24.3 Å². The molecule has 92 valence electrons. The lowest BCUT2D eigenvalue weighted by Crippen LogP contribution is -2.01. The fraction of sp³-hybridized carbons (Fsp3) is 0. The molecule has 0 heterocycles. The number of carbonyl (C=O) groups is 1. The normalized spacial score (nSPS) is 10.1. The Labute approximate surface area is 109 Å². The molecule has 2 rings (SSSR count). The Morgan fingerprint density at radius 2 is 1.89 bits per heavy atom. The van der Waals surface area contributed by atoms with Gasteiger partial charge in [-0.05, 0) is 24.3 Å². The number of halogens is 1. The van der Waals surface area contributed by atoms with Crippen molar-refractivity contribution in [3.8, 4) is 11.5 Å². The number of nitrogen functional groups attached to an aromatic ring is 1. The highest BCUT2D eigenvalue weighted by molar-refractivity contribution is 6.32. The van der Waals surface area contributed by atoms with Crippen molar-refractivity contribution < 1.29 is 14.6 Å². The number of carboxylic acids is 1. The summed E-state index contributed by atoms with van der Waals surface area (Å²) in [6, 6.07) is 11.2. The van der Waals surface area contributed by atoms with Crippen LogP contribution in [0, 0.1) is 0 Å². The molecule has 18 heavy (non-hydrogen) atoms. The minimum Gasteiger partial charge on any atom is -0.478 e. The summed E-state index contributed by atoms with van der Waals surface area (Å²) in [5, 5.41) is 9.45. The summed E-state index contributed by atoms with van der Waals surface area (Å²) in [5.41, 5.74) is 6.06. The molecule has 0 saturated carbocycles. The Bertz CT molecular complexity index is 599. The molecule has 2 aromatic rings. The van der Waals surface area contributed by atoms with E-state index in [9.17, 15) is 4.79 Å². The summed E-state index contributed by atoms with van der Waals surface area (Å²) in [7, 11) is 0. The Morgan fingerprint density at radius 3 is 2.56 bits per heavy atom. The van der Waals surface area contributed by atoms with Gasteiger partial charge in [-0.2, -0.15) is 0 Å². The molecule has 0 unspecified atom stereocenters. The molecular weight excluding hydrogens is 254 g/mol. The van der Waals surface area contributed by atoms with Crippen molar-refractivity contribution in [3.63, 3.8) is 0 Å². The molecule has 3 N–H and O–H groups in total. The minimum atomic E-state index is -1.09. The monoisotopic (exact) mass is 263 g/mol. The second-order valence-corrected chi connectivity index (χ2v) is 4.00. The first-order chi connectivity index (χ1) is 8.58. The van der Waals surface area contributed by atoms with Gasteiger partial charge in [0, 0.05) is 11.8 Å². The maximum atomic E-state index is 11.1. The molecule has 2 aromatic carbocycles. The third-order valence-corrected chi connectivity index (χ3v) is 2.60. The highest BCUT2D eigenvalue weighted by Gasteiger charge is 2.13. The van der Waals surface area contributed by atoms with Gasteiger partial charge >= 0.3 is 5.97 Å². The molecular formula is C13H10ClNO3. The Morgan fingerprint density at radius 1 is 1.17 bits per heavy atom. The topological polar surface area (TPSA) is 72.6 Å². The van der Waals surface area contributed by atoms with Crippen LogP contribution in [0.2, 0.25) is 5.02 Å². The van der Waals surface area contributed by atoms with Gasteiger partial charge in [-0.3, -0.25) is 0 Å². The lowest BCUT2D eigenvalue weighted by molar-refractivity contribution is 0.0694. The van der Waals surface area contributed by atoms with Gasteiger partial charge in [0.15, 0.2) is 0 Å². The van der Waals surface area contributed by atoms with Crippen LogP contribution in [0.15, 0.2) is 42.5 Å². The summed E-state index contributed by atoms with van der Waals surface area (Å²) in [6.45, 7) is 0. The van der Waals surface area contributed by atoms with Crippen LogP contribution >= 0.6 is 11.6 Å². The Balaban J connectivity index is 2.42. The van der Waals surface area contributed by atoms with Crippen molar-refractivity contribution in [1.82, 2.24) is 0 Å². The highest BCUT2D eigenvalue weighted by Crippen LogP contribution is 2.32. The average Bonchev–Trinajstić information content (AvgIpc) is 2.32. The van der Waals surface area contributed by atoms with Crippen LogP contribution in [0.1, 0.15) is 10.4 Å². The van der Waals surface area contributed by atoms with Crippen LogP contribution in [-0.4, -0.2) is 11.1 Å². The van der Waals surface area contributed by atoms with E-state index in [4.69, 9.17) is 27.2 Å². The maximum absolute atomic E-state index is 11.1. The number of ether oxygens (including phenoxy) is 1. The molecule has 0 bridgehead atoms. The first-order valence-corrected chi connectivity index (χ1v) is 5.51. The summed E-state index contributed by atoms with van der Waals surface area (Å²) >= 11 is 5.94. The Kier molecular flexibility index (Phi) is 3.39. The average molecular weight is 264 g/mol. The smallest absolute Gasteiger partial charge is 0.339 e. The quantitative estimate of drug-likeness (QED) is 0.833. The molecule has 0 spiro atoms. The van der Waals surface area contributed by atoms with Gasteiger partial charge in [-0.15, -0.1) is 0 Å². The van der Waals surface area contributed by atoms with E-state index in [1.165, 1.54) is 18.2 Å². The third kappa shape index (κ3) is 2.55. The standard InChI is InChI=1S/C13H10ClNO3/c14-10-3-1-2-4-11(10)18-12-7-8(15)5-6-9(12)13(16)17/h1-7H,15H2,(H,16,17). The highest BCUT2D eigenvalue weighted by atomic mass is 35.5. The van der Waals surface area contributed by atoms with Crippen molar-refractivity contribution in [2.45, 2.75) is 0 Å². The molecule has 0 aliphatic rings. The zero-order valence-corrected chi connectivity index (χ0v) is 10.0. The van der Waals surface area contributed by atoms with Gasteiger partial charge < -0.3 is 15.6 Å². The van der Waals surface area contributed by atoms with E-state index in [0.29, 0.717) is 16.5 Å². The summed E-state index contributed by atoms with van der Waals surface area (Å²) < 4.78 is 5.49. The summed E-state index contributed by atoms with van der Waals surface area (Å²) in [5.74, 6) is -0.542. The van der Waals surface area contributed by atoms with E-state index >= 15 is 0 Å². The van der Waals surface area contributed by atoms with Crippen molar-refractivity contribution in [3.05, 3.63) is 53.1 Å². The van der Waals surface area contributed by atoms with Crippen LogP contribution in [0.25, 0.3) is 0 Å². The number of hydrogen-bond acceptors (Lipinski definition) is 3. The van der Waals surface area contributed by atoms with E-state index in [2.05, 4.69) is 0 Å². The lowest BCUT2D eigenvalue weighted by atomic mass is 10.2. The molecule has 5 heteroatoms. The molecule has 4 nitrogen and oxygen atoms in total. The molecule has 0 fully saturated rings.